The van der Waals surface area contributed by atoms with Crippen molar-refractivity contribution in [2.45, 2.75) is 44.9 Å². The number of aromatic nitrogens is 4. The zero-order valence-electron chi connectivity index (χ0n) is 14.6. The zero-order chi connectivity index (χ0) is 17.9. The molecule has 8 heteroatoms. The molecule has 0 spiro atoms. The van der Waals surface area contributed by atoms with Gasteiger partial charge in [-0.15, -0.1) is 15.3 Å². The van der Waals surface area contributed by atoms with Crippen molar-refractivity contribution < 1.29 is 9.53 Å². The third-order valence-electron chi connectivity index (χ3n) is 4.63. The molecule has 0 saturated heterocycles. The molecule has 0 aliphatic heterocycles. The Hall–Kier alpha value is -2.48. The molecule has 3 aromatic rings. The number of amides is 1. The van der Waals surface area contributed by atoms with Gasteiger partial charge in [0.25, 0.3) is 5.91 Å². The van der Waals surface area contributed by atoms with Crippen LogP contribution in [0.15, 0.2) is 24.3 Å². The van der Waals surface area contributed by atoms with E-state index >= 15 is 0 Å². The first-order valence-corrected chi connectivity index (χ1v) is 9.82. The predicted octanol–water partition coefficient (Wildman–Crippen LogP) is 3.88. The van der Waals surface area contributed by atoms with Crippen molar-refractivity contribution in [3.8, 4) is 5.75 Å². The minimum atomic E-state index is -0.197. The lowest BCUT2D eigenvalue weighted by Gasteiger charge is -2.18. The molecule has 136 valence electrons. The van der Waals surface area contributed by atoms with E-state index in [0.717, 1.165) is 24.4 Å². The van der Waals surface area contributed by atoms with E-state index in [1.807, 2.05) is 6.92 Å². The minimum absolute atomic E-state index is 0.197. The summed E-state index contributed by atoms with van der Waals surface area (Å²) in [5.41, 5.74) is 0.562. The fourth-order valence-electron chi connectivity index (χ4n) is 3.34. The average Bonchev–Trinajstić information content (AvgIpc) is 3.23. The monoisotopic (exact) mass is 371 g/mol. The minimum Gasteiger partial charge on any atom is -0.494 e. The molecule has 1 N–H and O–H groups in total. The Bertz CT molecular complexity index is 896. The van der Waals surface area contributed by atoms with Gasteiger partial charge in [0.1, 0.15) is 5.75 Å². The Morgan fingerprint density at radius 1 is 1.23 bits per heavy atom. The third kappa shape index (κ3) is 3.41. The fourth-order valence-corrected chi connectivity index (χ4v) is 4.08. The standard InChI is InChI=1S/C18H21N5O2S/c1-2-25-14-10-8-13(9-11-14)16(24)19-17-22-23-15(20-21-18(23)26-17)12-6-4-3-5-7-12/h8-12H,2-7H2,1H3,(H,19,22,24). The number of rotatable bonds is 5. The van der Waals surface area contributed by atoms with Gasteiger partial charge in [-0.2, -0.15) is 4.52 Å². The van der Waals surface area contributed by atoms with E-state index in [0.29, 0.717) is 28.2 Å². The first kappa shape index (κ1) is 17.0. The highest BCUT2D eigenvalue weighted by molar-refractivity contribution is 7.20. The normalized spacial score (nSPS) is 15.3. The lowest BCUT2D eigenvalue weighted by atomic mass is 9.89. The molecule has 0 radical (unpaired) electrons. The van der Waals surface area contributed by atoms with Crippen LogP contribution in [-0.4, -0.2) is 32.3 Å². The molecule has 2 heterocycles. The van der Waals surface area contributed by atoms with Crippen LogP contribution >= 0.6 is 11.3 Å². The van der Waals surface area contributed by atoms with Gasteiger partial charge < -0.3 is 4.74 Å². The van der Waals surface area contributed by atoms with Crippen LogP contribution in [-0.2, 0) is 0 Å². The van der Waals surface area contributed by atoms with Gasteiger partial charge in [-0.1, -0.05) is 30.6 Å². The average molecular weight is 371 g/mol. The molecule has 4 rings (SSSR count). The molecule has 1 fully saturated rings. The summed E-state index contributed by atoms with van der Waals surface area (Å²) in [5, 5.41) is 16.4. The van der Waals surface area contributed by atoms with Crippen LogP contribution in [0.4, 0.5) is 5.13 Å². The molecular formula is C18H21N5O2S. The summed E-state index contributed by atoms with van der Waals surface area (Å²) < 4.78 is 7.18. The van der Waals surface area contributed by atoms with Crippen LogP contribution in [0.1, 0.15) is 61.1 Å². The Balaban J connectivity index is 1.50. The molecule has 0 unspecified atom stereocenters. The number of carbonyl (C=O) groups is 1. The van der Waals surface area contributed by atoms with Gasteiger partial charge >= 0.3 is 0 Å². The van der Waals surface area contributed by atoms with E-state index in [1.165, 1.54) is 30.6 Å². The molecule has 1 aliphatic carbocycles. The number of nitrogens with one attached hydrogen (secondary N) is 1. The Kier molecular flexibility index (Phi) is 4.83. The molecular weight excluding hydrogens is 350 g/mol. The highest BCUT2D eigenvalue weighted by atomic mass is 32.1. The number of ether oxygens (including phenoxy) is 1. The Morgan fingerprint density at radius 3 is 2.73 bits per heavy atom. The smallest absolute Gasteiger partial charge is 0.257 e. The van der Waals surface area contributed by atoms with E-state index < -0.39 is 0 Å². The first-order chi connectivity index (χ1) is 12.7. The SMILES string of the molecule is CCOc1ccc(C(=O)Nc2nn3c(C4CCCCC4)nnc3s2)cc1. The van der Waals surface area contributed by atoms with Gasteiger partial charge in [0.05, 0.1) is 6.61 Å². The van der Waals surface area contributed by atoms with E-state index in [2.05, 4.69) is 20.6 Å². The van der Waals surface area contributed by atoms with Gasteiger partial charge in [0.2, 0.25) is 10.1 Å². The van der Waals surface area contributed by atoms with E-state index in [1.54, 1.807) is 28.8 Å². The third-order valence-corrected chi connectivity index (χ3v) is 5.45. The van der Waals surface area contributed by atoms with Crippen molar-refractivity contribution in [2.24, 2.45) is 0 Å². The molecule has 1 aromatic carbocycles. The summed E-state index contributed by atoms with van der Waals surface area (Å²) in [6.07, 6.45) is 6.01. The molecule has 26 heavy (non-hydrogen) atoms. The number of carbonyl (C=O) groups excluding carboxylic acids is 1. The van der Waals surface area contributed by atoms with Crippen molar-refractivity contribution in [1.29, 1.82) is 0 Å². The van der Waals surface area contributed by atoms with Crippen molar-refractivity contribution in [2.75, 3.05) is 11.9 Å². The van der Waals surface area contributed by atoms with Crippen LogP contribution in [0, 0.1) is 0 Å². The summed E-state index contributed by atoms with van der Waals surface area (Å²) in [6, 6.07) is 7.07. The number of hydrogen-bond donors (Lipinski definition) is 1. The molecule has 7 nitrogen and oxygen atoms in total. The molecule has 1 aliphatic rings. The van der Waals surface area contributed by atoms with Gasteiger partial charge in [-0.3, -0.25) is 10.1 Å². The van der Waals surface area contributed by atoms with Crippen LogP contribution in [0.3, 0.4) is 0 Å². The molecule has 0 atom stereocenters. The quantitative estimate of drug-likeness (QED) is 0.736. The van der Waals surface area contributed by atoms with E-state index in [9.17, 15) is 4.79 Å². The lowest BCUT2D eigenvalue weighted by molar-refractivity contribution is 0.102. The molecule has 1 saturated carbocycles. The lowest BCUT2D eigenvalue weighted by Crippen LogP contribution is -2.13. The van der Waals surface area contributed by atoms with Crippen LogP contribution < -0.4 is 10.1 Å². The maximum atomic E-state index is 12.4. The van der Waals surface area contributed by atoms with Gasteiger partial charge in [-0.05, 0) is 44.0 Å². The highest BCUT2D eigenvalue weighted by Crippen LogP contribution is 2.32. The van der Waals surface area contributed by atoms with Crippen molar-refractivity contribution in [1.82, 2.24) is 19.8 Å². The predicted molar refractivity (Wildman–Crippen MR) is 100 cm³/mol. The van der Waals surface area contributed by atoms with Gasteiger partial charge in [-0.25, -0.2) is 0 Å². The molecule has 0 bridgehead atoms. The zero-order valence-corrected chi connectivity index (χ0v) is 15.5. The van der Waals surface area contributed by atoms with Crippen molar-refractivity contribution in [3.63, 3.8) is 0 Å². The number of nitrogens with zero attached hydrogens (tertiary/aromatic N) is 4. The number of anilines is 1. The second kappa shape index (κ2) is 7.41. The van der Waals surface area contributed by atoms with Gasteiger partial charge in [0, 0.05) is 11.5 Å². The maximum Gasteiger partial charge on any atom is 0.257 e. The summed E-state index contributed by atoms with van der Waals surface area (Å²) >= 11 is 1.34. The van der Waals surface area contributed by atoms with E-state index in [4.69, 9.17) is 4.74 Å². The second-order valence-corrected chi connectivity index (χ2v) is 7.36. The largest absolute Gasteiger partial charge is 0.494 e. The van der Waals surface area contributed by atoms with Crippen LogP contribution in [0.25, 0.3) is 4.96 Å². The first-order valence-electron chi connectivity index (χ1n) is 9.01. The number of fused-ring (bicyclic) bond motifs is 1. The molecule has 2 aromatic heterocycles. The maximum absolute atomic E-state index is 12.4. The summed E-state index contributed by atoms with van der Waals surface area (Å²) in [7, 11) is 0. The van der Waals surface area contributed by atoms with Crippen molar-refractivity contribution in [3.05, 3.63) is 35.7 Å². The fraction of sp³-hybridized carbons (Fsp3) is 0.444. The second-order valence-electron chi connectivity index (χ2n) is 6.41. The summed E-state index contributed by atoms with van der Waals surface area (Å²) in [4.78, 5) is 13.2. The Labute approximate surface area is 155 Å². The van der Waals surface area contributed by atoms with E-state index in [-0.39, 0.29) is 5.91 Å². The number of benzene rings is 1. The molecule has 1 amide bonds. The van der Waals surface area contributed by atoms with Gasteiger partial charge in [0.15, 0.2) is 5.82 Å². The van der Waals surface area contributed by atoms with Crippen molar-refractivity contribution >= 4 is 27.3 Å². The van der Waals surface area contributed by atoms with Crippen LogP contribution in [0.5, 0.6) is 5.75 Å². The number of hydrogen-bond acceptors (Lipinski definition) is 6. The van der Waals surface area contributed by atoms with Crippen LogP contribution in [0.2, 0.25) is 0 Å². The summed E-state index contributed by atoms with van der Waals surface area (Å²) in [5.74, 6) is 1.88. The topological polar surface area (TPSA) is 81.4 Å². The Morgan fingerprint density at radius 2 is 2.00 bits per heavy atom. The highest BCUT2D eigenvalue weighted by Gasteiger charge is 2.23. The summed E-state index contributed by atoms with van der Waals surface area (Å²) in [6.45, 7) is 2.53.